The summed E-state index contributed by atoms with van der Waals surface area (Å²) in [5, 5.41) is 13.2. The van der Waals surface area contributed by atoms with E-state index in [4.69, 9.17) is 0 Å². The van der Waals surface area contributed by atoms with E-state index in [0.717, 1.165) is 43.4 Å². The van der Waals surface area contributed by atoms with Crippen molar-refractivity contribution in [3.8, 4) is 22.3 Å². The van der Waals surface area contributed by atoms with Crippen molar-refractivity contribution < 1.29 is 5.11 Å². The van der Waals surface area contributed by atoms with Gasteiger partial charge in [0.2, 0.25) is 0 Å². The van der Waals surface area contributed by atoms with Gasteiger partial charge in [0.15, 0.2) is 0 Å². The van der Waals surface area contributed by atoms with Crippen molar-refractivity contribution in [2.45, 2.75) is 84.2 Å². The van der Waals surface area contributed by atoms with Gasteiger partial charge in [-0.15, -0.1) is 0 Å². The Hall–Kier alpha value is -2.68. The normalized spacial score (nSPS) is 17.2. The maximum atomic E-state index is 13.2. The molecule has 5 rings (SSSR count). The Labute approximate surface area is 243 Å². The van der Waals surface area contributed by atoms with Gasteiger partial charge in [0.1, 0.15) is 5.60 Å². The second kappa shape index (κ2) is 9.18. The van der Waals surface area contributed by atoms with Gasteiger partial charge in [-0.05, 0) is 67.3 Å². The predicted octanol–water partition coefficient (Wildman–Crippen LogP) is 10.3. The van der Waals surface area contributed by atoms with Crippen LogP contribution >= 0.6 is 15.9 Å². The Kier molecular flexibility index (Phi) is 6.56. The maximum absolute atomic E-state index is 13.2. The molecule has 0 radical (unpaired) electrons. The van der Waals surface area contributed by atoms with Crippen LogP contribution in [0.5, 0.6) is 0 Å². The van der Waals surface area contributed by atoms with Crippen LogP contribution in [0.2, 0.25) is 0 Å². The van der Waals surface area contributed by atoms with Gasteiger partial charge in [-0.3, -0.25) is 0 Å². The van der Waals surface area contributed by atoms with Crippen molar-refractivity contribution in [3.63, 3.8) is 0 Å². The molecule has 2 heteroatoms. The fraction of sp³-hybridized carbons (Fsp3) is 0.351. The van der Waals surface area contributed by atoms with Gasteiger partial charge in [0.25, 0.3) is 0 Å². The van der Waals surface area contributed by atoms with E-state index in [1.54, 1.807) is 0 Å². The molecule has 0 saturated carbocycles. The average molecular weight is 582 g/mol. The molecule has 0 heterocycles. The van der Waals surface area contributed by atoms with Crippen LogP contribution in [0.3, 0.4) is 0 Å². The summed E-state index contributed by atoms with van der Waals surface area (Å²) >= 11 is 3.71. The monoisotopic (exact) mass is 580 g/mol. The Morgan fingerprint density at radius 2 is 0.872 bits per heavy atom. The molecule has 1 atom stereocenters. The van der Waals surface area contributed by atoms with E-state index in [-0.39, 0.29) is 16.2 Å². The first-order chi connectivity index (χ1) is 18.0. The Bertz CT molecular complexity index is 1560. The third-order valence-electron chi connectivity index (χ3n) is 8.27. The molecule has 0 amide bonds. The van der Waals surface area contributed by atoms with E-state index in [1.807, 2.05) is 0 Å². The van der Waals surface area contributed by atoms with Gasteiger partial charge in [-0.1, -0.05) is 145 Å². The zero-order valence-corrected chi connectivity index (χ0v) is 26.4. The van der Waals surface area contributed by atoms with Gasteiger partial charge in [-0.25, -0.2) is 0 Å². The first-order valence-corrected chi connectivity index (χ1v) is 14.7. The number of fused-ring (bicyclic) bond motifs is 3. The fourth-order valence-corrected chi connectivity index (χ4v) is 6.10. The summed E-state index contributed by atoms with van der Waals surface area (Å²) in [5.41, 5.74) is 9.59. The maximum Gasteiger partial charge on any atom is 0.142 e. The molecule has 4 aromatic rings. The molecule has 0 fully saturated rings. The molecule has 0 aromatic heterocycles. The second-order valence-corrected chi connectivity index (χ2v) is 15.2. The molecule has 0 saturated heterocycles. The van der Waals surface area contributed by atoms with Crippen molar-refractivity contribution in [2.75, 3.05) is 0 Å². The van der Waals surface area contributed by atoms with Crippen LogP contribution in [0, 0.1) is 0 Å². The van der Waals surface area contributed by atoms with E-state index >= 15 is 0 Å². The fourth-order valence-electron chi connectivity index (χ4n) is 5.74. The average Bonchev–Trinajstić information content (AvgIpc) is 3.10. The third kappa shape index (κ3) is 4.81. The molecule has 202 valence electrons. The topological polar surface area (TPSA) is 20.2 Å². The summed E-state index contributed by atoms with van der Waals surface area (Å²) in [6, 6.07) is 28.5. The minimum atomic E-state index is -1.30. The van der Waals surface area contributed by atoms with Gasteiger partial charge in [0.05, 0.1) is 0 Å². The molecule has 1 nitrogen and oxygen atoms in total. The Morgan fingerprint density at radius 1 is 0.487 bits per heavy atom. The van der Waals surface area contributed by atoms with Crippen LogP contribution in [0.15, 0.2) is 83.3 Å². The minimum absolute atomic E-state index is 0.0375. The van der Waals surface area contributed by atoms with Crippen LogP contribution < -0.4 is 0 Å². The van der Waals surface area contributed by atoms with Crippen molar-refractivity contribution in [3.05, 3.63) is 117 Å². The third-order valence-corrected chi connectivity index (χ3v) is 8.77. The summed E-state index contributed by atoms with van der Waals surface area (Å²) in [5.74, 6) is 0. The van der Waals surface area contributed by atoms with Crippen LogP contribution in [0.25, 0.3) is 22.3 Å². The van der Waals surface area contributed by atoms with Gasteiger partial charge >= 0.3 is 0 Å². The van der Waals surface area contributed by atoms with Crippen molar-refractivity contribution in [1.29, 1.82) is 0 Å². The van der Waals surface area contributed by atoms with Gasteiger partial charge in [-0.2, -0.15) is 0 Å². The van der Waals surface area contributed by atoms with Crippen LogP contribution in [0.1, 0.15) is 95.7 Å². The number of halogens is 1. The van der Waals surface area contributed by atoms with E-state index in [9.17, 15) is 5.11 Å². The lowest BCUT2D eigenvalue weighted by molar-refractivity contribution is 0.131. The van der Waals surface area contributed by atoms with Crippen molar-refractivity contribution >= 4 is 15.9 Å². The van der Waals surface area contributed by atoms with Crippen molar-refractivity contribution in [1.82, 2.24) is 0 Å². The SMILES string of the molecule is CC(C)(C)c1ccc(-c2ccc(C(C)(C)C)cc2C2(O)c3cc(Br)ccc3-c3ccc(C(C)(C)C)cc32)cc1. The predicted molar refractivity (Wildman–Crippen MR) is 170 cm³/mol. The lowest BCUT2D eigenvalue weighted by Crippen LogP contribution is -2.28. The number of rotatable bonds is 2. The molecule has 1 aliphatic carbocycles. The van der Waals surface area contributed by atoms with E-state index < -0.39 is 5.60 Å². The standard InChI is InChI=1S/C37H41BrO/c1-34(2,3)24-12-10-23(11-13-24)28-17-14-25(35(4,5)6)20-31(28)37(39)32-21-26(36(7,8)9)15-18-29(32)30-19-16-27(38)22-33(30)37/h10-22,39H,1-9H3. The Morgan fingerprint density at radius 3 is 1.36 bits per heavy atom. The van der Waals surface area contributed by atoms with Crippen LogP contribution in [0.4, 0.5) is 0 Å². The lowest BCUT2D eigenvalue weighted by atomic mass is 9.75. The molecule has 1 N–H and O–H groups in total. The highest BCUT2D eigenvalue weighted by atomic mass is 79.9. The Balaban J connectivity index is 1.85. The molecular formula is C37H41BrO. The number of benzene rings is 4. The first kappa shape index (κ1) is 27.9. The molecule has 0 spiro atoms. The lowest BCUT2D eigenvalue weighted by Gasteiger charge is -2.32. The zero-order valence-electron chi connectivity index (χ0n) is 24.8. The highest BCUT2D eigenvalue weighted by Gasteiger charge is 2.45. The molecule has 0 aliphatic heterocycles. The molecular weight excluding hydrogens is 540 g/mol. The molecule has 39 heavy (non-hydrogen) atoms. The minimum Gasteiger partial charge on any atom is -0.376 e. The molecule has 1 unspecified atom stereocenters. The summed E-state index contributed by atoms with van der Waals surface area (Å²) < 4.78 is 0.964. The number of aliphatic hydroxyl groups is 1. The van der Waals surface area contributed by atoms with E-state index in [2.05, 4.69) is 157 Å². The summed E-state index contributed by atoms with van der Waals surface area (Å²) in [4.78, 5) is 0. The molecule has 4 aromatic carbocycles. The number of hydrogen-bond acceptors (Lipinski definition) is 1. The van der Waals surface area contributed by atoms with E-state index in [1.165, 1.54) is 16.7 Å². The second-order valence-electron chi connectivity index (χ2n) is 14.2. The quantitative estimate of drug-likeness (QED) is 0.250. The van der Waals surface area contributed by atoms with Gasteiger partial charge in [0, 0.05) is 21.2 Å². The van der Waals surface area contributed by atoms with Crippen molar-refractivity contribution in [2.24, 2.45) is 0 Å². The zero-order chi connectivity index (χ0) is 28.5. The van der Waals surface area contributed by atoms with Crippen LogP contribution in [-0.2, 0) is 21.8 Å². The number of hydrogen-bond donors (Lipinski definition) is 1. The molecule has 1 aliphatic rings. The summed E-state index contributed by atoms with van der Waals surface area (Å²) in [6.07, 6.45) is 0. The van der Waals surface area contributed by atoms with Crippen LogP contribution in [-0.4, -0.2) is 5.11 Å². The largest absolute Gasteiger partial charge is 0.376 e. The molecule has 0 bridgehead atoms. The van der Waals surface area contributed by atoms with E-state index in [0.29, 0.717) is 0 Å². The first-order valence-electron chi connectivity index (χ1n) is 13.9. The smallest absolute Gasteiger partial charge is 0.142 e. The highest BCUT2D eigenvalue weighted by Crippen LogP contribution is 2.54. The summed E-state index contributed by atoms with van der Waals surface area (Å²) in [7, 11) is 0. The van der Waals surface area contributed by atoms with Gasteiger partial charge < -0.3 is 5.11 Å². The highest BCUT2D eigenvalue weighted by molar-refractivity contribution is 9.10. The summed E-state index contributed by atoms with van der Waals surface area (Å²) in [6.45, 7) is 20.1.